The molecule has 0 aromatic heterocycles. The van der Waals surface area contributed by atoms with Crippen LogP contribution in [0.1, 0.15) is 51.4 Å². The Bertz CT molecular complexity index is 169. The summed E-state index contributed by atoms with van der Waals surface area (Å²) < 4.78 is 5.84. The van der Waals surface area contributed by atoms with E-state index in [1.54, 1.807) is 0 Å². The van der Waals surface area contributed by atoms with Crippen LogP contribution in [-0.2, 0) is 4.74 Å². The normalized spacial score (nSPS) is 28.9. The van der Waals surface area contributed by atoms with Crippen molar-refractivity contribution in [1.82, 2.24) is 4.90 Å². The predicted molar refractivity (Wildman–Crippen MR) is 58.2 cm³/mol. The zero-order chi connectivity index (χ0) is 9.86. The number of methoxy groups -OCH3 is 1. The van der Waals surface area contributed by atoms with Crippen LogP contribution in [0.5, 0.6) is 0 Å². The van der Waals surface area contributed by atoms with Crippen molar-refractivity contribution in [3.8, 4) is 0 Å². The molecule has 1 aliphatic carbocycles. The lowest BCUT2D eigenvalue weighted by Crippen LogP contribution is -2.53. The fraction of sp³-hybridized carbons (Fsp3) is 1.00. The Labute approximate surface area is 87.6 Å². The molecule has 14 heavy (non-hydrogen) atoms. The van der Waals surface area contributed by atoms with Crippen LogP contribution in [0.4, 0.5) is 0 Å². The molecule has 2 aliphatic rings. The Morgan fingerprint density at radius 1 is 0.857 bits per heavy atom. The van der Waals surface area contributed by atoms with Crippen LogP contribution in [0.2, 0.25) is 0 Å². The molecular weight excluding hydrogens is 174 g/mol. The van der Waals surface area contributed by atoms with E-state index >= 15 is 0 Å². The van der Waals surface area contributed by atoms with Gasteiger partial charge in [-0.05, 0) is 38.5 Å². The lowest BCUT2D eigenvalue weighted by molar-refractivity contribution is -0.162. The van der Waals surface area contributed by atoms with Gasteiger partial charge in [0.15, 0.2) is 0 Å². The van der Waals surface area contributed by atoms with Crippen LogP contribution in [0.15, 0.2) is 0 Å². The molecule has 0 atom stereocenters. The molecule has 0 N–H and O–H groups in total. The molecule has 82 valence electrons. The van der Waals surface area contributed by atoms with Gasteiger partial charge in [0.05, 0.1) is 0 Å². The molecule has 0 aromatic rings. The highest BCUT2D eigenvalue weighted by Gasteiger charge is 2.38. The van der Waals surface area contributed by atoms with E-state index in [2.05, 4.69) is 4.90 Å². The maximum absolute atomic E-state index is 5.84. The topological polar surface area (TPSA) is 12.5 Å². The average molecular weight is 197 g/mol. The Morgan fingerprint density at radius 3 is 2.00 bits per heavy atom. The number of hydrogen-bond acceptors (Lipinski definition) is 2. The number of rotatable bonds is 2. The van der Waals surface area contributed by atoms with Crippen molar-refractivity contribution < 1.29 is 4.74 Å². The van der Waals surface area contributed by atoms with E-state index < -0.39 is 0 Å². The molecule has 2 nitrogen and oxygen atoms in total. The van der Waals surface area contributed by atoms with E-state index in [4.69, 9.17) is 4.74 Å². The molecule has 0 aromatic carbocycles. The minimum atomic E-state index is 0.124. The van der Waals surface area contributed by atoms with Gasteiger partial charge in [0, 0.05) is 20.2 Å². The number of nitrogens with zero attached hydrogens (tertiary/aromatic N) is 1. The summed E-state index contributed by atoms with van der Waals surface area (Å²) in [7, 11) is 1.90. The highest BCUT2D eigenvalue weighted by atomic mass is 16.5. The Morgan fingerprint density at radius 2 is 1.43 bits per heavy atom. The summed E-state index contributed by atoms with van der Waals surface area (Å²) in [5, 5.41) is 0. The van der Waals surface area contributed by atoms with E-state index in [1.807, 2.05) is 7.11 Å². The van der Waals surface area contributed by atoms with E-state index in [-0.39, 0.29) is 5.72 Å². The zero-order valence-electron chi connectivity index (χ0n) is 9.43. The monoisotopic (exact) mass is 197 g/mol. The molecule has 0 spiro atoms. The van der Waals surface area contributed by atoms with Gasteiger partial charge >= 0.3 is 0 Å². The minimum Gasteiger partial charge on any atom is -0.364 e. The van der Waals surface area contributed by atoms with Gasteiger partial charge < -0.3 is 4.74 Å². The number of likely N-dealkylation sites (tertiary alicyclic amines) is 1. The van der Waals surface area contributed by atoms with Gasteiger partial charge in [-0.1, -0.05) is 12.8 Å². The summed E-state index contributed by atoms with van der Waals surface area (Å²) in [4.78, 5) is 2.61. The molecule has 2 fully saturated rings. The van der Waals surface area contributed by atoms with Crippen molar-refractivity contribution in [1.29, 1.82) is 0 Å². The number of hydrogen-bond donors (Lipinski definition) is 0. The molecule has 1 saturated carbocycles. The second-order valence-electron chi connectivity index (χ2n) is 4.76. The third-order valence-corrected chi connectivity index (χ3v) is 3.95. The van der Waals surface area contributed by atoms with E-state index in [0.717, 1.165) is 0 Å². The zero-order valence-corrected chi connectivity index (χ0v) is 9.43. The average Bonchev–Trinajstić information content (AvgIpc) is 2.31. The lowest BCUT2D eigenvalue weighted by atomic mass is 9.89. The molecule has 1 heterocycles. The first-order chi connectivity index (χ1) is 6.87. The minimum absolute atomic E-state index is 0.124. The summed E-state index contributed by atoms with van der Waals surface area (Å²) in [6.07, 6.45) is 10.8. The van der Waals surface area contributed by atoms with Gasteiger partial charge in [0.2, 0.25) is 0 Å². The Balaban J connectivity index is 2.01. The van der Waals surface area contributed by atoms with Crippen LogP contribution in [0, 0.1) is 0 Å². The molecule has 0 bridgehead atoms. The first-order valence-electron chi connectivity index (χ1n) is 6.18. The predicted octanol–water partition coefficient (Wildman–Crippen LogP) is 2.78. The Hall–Kier alpha value is -0.0800. The molecule has 2 heteroatoms. The highest BCUT2D eigenvalue weighted by molar-refractivity contribution is 4.86. The third kappa shape index (κ3) is 1.96. The Kier molecular flexibility index (Phi) is 3.45. The van der Waals surface area contributed by atoms with Gasteiger partial charge in [-0.15, -0.1) is 0 Å². The molecule has 1 saturated heterocycles. The number of ether oxygens (including phenoxy) is 1. The quantitative estimate of drug-likeness (QED) is 0.675. The maximum Gasteiger partial charge on any atom is 0.121 e. The van der Waals surface area contributed by atoms with Crippen molar-refractivity contribution in [2.24, 2.45) is 0 Å². The second-order valence-corrected chi connectivity index (χ2v) is 4.76. The first-order valence-corrected chi connectivity index (χ1v) is 6.18. The van der Waals surface area contributed by atoms with Crippen LogP contribution in [-0.4, -0.2) is 30.8 Å². The van der Waals surface area contributed by atoms with Gasteiger partial charge in [-0.2, -0.15) is 0 Å². The summed E-state index contributed by atoms with van der Waals surface area (Å²) in [6, 6.07) is 0. The van der Waals surface area contributed by atoms with Crippen molar-refractivity contribution in [3.05, 3.63) is 0 Å². The maximum atomic E-state index is 5.84. The molecular formula is C12H23NO. The molecule has 1 aliphatic heterocycles. The van der Waals surface area contributed by atoms with Crippen LogP contribution < -0.4 is 0 Å². The fourth-order valence-corrected chi connectivity index (χ4v) is 3.06. The molecule has 2 rings (SSSR count). The first kappa shape index (κ1) is 10.4. The van der Waals surface area contributed by atoms with Gasteiger partial charge in [0.1, 0.15) is 5.72 Å². The number of piperidine rings is 1. The smallest absolute Gasteiger partial charge is 0.121 e. The van der Waals surface area contributed by atoms with E-state index in [0.29, 0.717) is 0 Å². The molecule has 0 unspecified atom stereocenters. The fourth-order valence-electron chi connectivity index (χ4n) is 3.06. The summed E-state index contributed by atoms with van der Waals surface area (Å²) in [5.74, 6) is 0. The molecule has 0 radical (unpaired) electrons. The standard InChI is InChI=1S/C12H23NO/c1-14-12(8-4-2-5-9-12)13-10-6-3-7-11-13/h2-11H2,1H3. The van der Waals surface area contributed by atoms with Crippen LogP contribution in [0.3, 0.4) is 0 Å². The highest BCUT2D eigenvalue weighted by Crippen LogP contribution is 2.35. The molecule has 0 amide bonds. The summed E-state index contributed by atoms with van der Waals surface area (Å²) in [5.41, 5.74) is 0.124. The van der Waals surface area contributed by atoms with E-state index in [1.165, 1.54) is 64.5 Å². The summed E-state index contributed by atoms with van der Waals surface area (Å²) in [6.45, 7) is 2.52. The lowest BCUT2D eigenvalue weighted by Gasteiger charge is -2.46. The van der Waals surface area contributed by atoms with Crippen molar-refractivity contribution >= 4 is 0 Å². The third-order valence-electron chi connectivity index (χ3n) is 3.95. The summed E-state index contributed by atoms with van der Waals surface area (Å²) >= 11 is 0. The van der Waals surface area contributed by atoms with Gasteiger partial charge in [-0.25, -0.2) is 0 Å². The van der Waals surface area contributed by atoms with Crippen LogP contribution in [0.25, 0.3) is 0 Å². The largest absolute Gasteiger partial charge is 0.364 e. The van der Waals surface area contributed by atoms with Gasteiger partial charge in [-0.3, -0.25) is 4.90 Å². The van der Waals surface area contributed by atoms with Crippen LogP contribution >= 0.6 is 0 Å². The SMILES string of the molecule is COC1(N2CCCCC2)CCCCC1. The van der Waals surface area contributed by atoms with Crippen molar-refractivity contribution in [2.75, 3.05) is 20.2 Å². The van der Waals surface area contributed by atoms with E-state index in [9.17, 15) is 0 Å². The van der Waals surface area contributed by atoms with Crippen molar-refractivity contribution in [3.63, 3.8) is 0 Å². The van der Waals surface area contributed by atoms with Crippen molar-refractivity contribution in [2.45, 2.75) is 57.1 Å². The van der Waals surface area contributed by atoms with Gasteiger partial charge in [0.25, 0.3) is 0 Å². The second kappa shape index (κ2) is 4.63.